The molecule has 1 heterocycles. The zero-order chi connectivity index (χ0) is 14.4. The number of rotatable bonds is 9. The first-order chi connectivity index (χ1) is 9.69. The Kier molecular flexibility index (Phi) is 5.95. The maximum absolute atomic E-state index is 5.19. The van der Waals surface area contributed by atoms with Gasteiger partial charge >= 0.3 is 0 Å². The number of nitrogens with one attached hydrogen (secondary N) is 1. The second-order valence-electron chi connectivity index (χ2n) is 5.89. The number of hydrogen-bond donors (Lipinski definition) is 1. The molecule has 4 heteroatoms. The number of hydrogen-bond acceptors (Lipinski definition) is 4. The average molecular weight is 277 g/mol. The van der Waals surface area contributed by atoms with Gasteiger partial charge < -0.3 is 10.1 Å². The van der Waals surface area contributed by atoms with Crippen molar-refractivity contribution in [3.8, 4) is 0 Å². The van der Waals surface area contributed by atoms with Gasteiger partial charge in [0.05, 0.1) is 12.3 Å². The molecule has 0 radical (unpaired) electrons. The van der Waals surface area contributed by atoms with Crippen LogP contribution in [0, 0.1) is 0 Å². The first kappa shape index (κ1) is 15.4. The van der Waals surface area contributed by atoms with Crippen molar-refractivity contribution in [3.05, 3.63) is 29.6 Å². The van der Waals surface area contributed by atoms with Crippen molar-refractivity contribution in [2.75, 3.05) is 20.3 Å². The van der Waals surface area contributed by atoms with Crippen molar-refractivity contribution in [1.29, 1.82) is 0 Å². The Hall–Kier alpha value is -0.970. The second kappa shape index (κ2) is 7.72. The van der Waals surface area contributed by atoms with Crippen LogP contribution >= 0.6 is 0 Å². The van der Waals surface area contributed by atoms with Gasteiger partial charge in [0, 0.05) is 45.0 Å². The molecule has 4 nitrogen and oxygen atoms in total. The summed E-state index contributed by atoms with van der Waals surface area (Å²) < 4.78 is 5.19. The van der Waals surface area contributed by atoms with E-state index in [1.54, 1.807) is 7.11 Å². The predicted octanol–water partition coefficient (Wildman–Crippen LogP) is 2.19. The van der Waals surface area contributed by atoms with E-state index in [4.69, 9.17) is 4.74 Å². The first-order valence-electron chi connectivity index (χ1n) is 7.59. The van der Waals surface area contributed by atoms with Crippen LogP contribution in [0.4, 0.5) is 0 Å². The fourth-order valence-electron chi connectivity index (χ4n) is 2.22. The van der Waals surface area contributed by atoms with E-state index in [-0.39, 0.29) is 0 Å². The molecular weight excluding hydrogens is 250 g/mol. The minimum Gasteiger partial charge on any atom is -0.383 e. The Balaban J connectivity index is 1.85. The number of nitrogens with zero attached hydrogens (tertiary/aromatic N) is 2. The highest BCUT2D eigenvalue weighted by atomic mass is 16.5. The minimum absolute atomic E-state index is 0.508. The molecular formula is C16H27N3O. The summed E-state index contributed by atoms with van der Waals surface area (Å²) in [4.78, 5) is 7.08. The van der Waals surface area contributed by atoms with Crippen LogP contribution in [0.1, 0.15) is 37.9 Å². The third kappa shape index (κ3) is 5.19. The van der Waals surface area contributed by atoms with E-state index >= 15 is 0 Å². The van der Waals surface area contributed by atoms with E-state index in [0.717, 1.165) is 38.0 Å². The molecule has 0 bridgehead atoms. The lowest BCUT2D eigenvalue weighted by molar-refractivity contribution is 0.139. The summed E-state index contributed by atoms with van der Waals surface area (Å²) >= 11 is 0. The maximum Gasteiger partial charge on any atom is 0.0589 e. The van der Waals surface area contributed by atoms with Gasteiger partial charge in [-0.3, -0.25) is 9.88 Å². The third-order valence-electron chi connectivity index (χ3n) is 3.61. The summed E-state index contributed by atoms with van der Waals surface area (Å²) in [6.45, 7) is 7.94. The van der Waals surface area contributed by atoms with Crippen LogP contribution in [0.3, 0.4) is 0 Å². The van der Waals surface area contributed by atoms with E-state index in [1.807, 2.05) is 6.20 Å². The summed E-state index contributed by atoms with van der Waals surface area (Å²) in [6.07, 6.45) is 4.63. The number of ether oxygens (including phenoxy) is 1. The lowest BCUT2D eigenvalue weighted by Crippen LogP contribution is -2.29. The predicted molar refractivity (Wildman–Crippen MR) is 81.5 cm³/mol. The lowest BCUT2D eigenvalue weighted by atomic mass is 10.2. The number of methoxy groups -OCH3 is 1. The largest absolute Gasteiger partial charge is 0.383 e. The maximum atomic E-state index is 5.19. The Morgan fingerprint density at radius 1 is 1.40 bits per heavy atom. The highest BCUT2D eigenvalue weighted by Crippen LogP contribution is 2.27. The quantitative estimate of drug-likeness (QED) is 0.751. The second-order valence-corrected chi connectivity index (χ2v) is 5.89. The van der Waals surface area contributed by atoms with Crippen LogP contribution in [0.15, 0.2) is 18.3 Å². The zero-order valence-corrected chi connectivity index (χ0v) is 12.9. The summed E-state index contributed by atoms with van der Waals surface area (Å²) in [5.41, 5.74) is 2.40. The van der Waals surface area contributed by atoms with Crippen LogP contribution < -0.4 is 5.32 Å². The summed E-state index contributed by atoms with van der Waals surface area (Å²) in [6, 6.07) is 5.59. The van der Waals surface area contributed by atoms with E-state index in [0.29, 0.717) is 6.04 Å². The standard InChI is InChI=1S/C16H27N3O/c1-13(2)17-10-14-4-5-15(18-11-14)12-19(8-9-20-3)16-6-7-16/h4-5,11,13,16-17H,6-10,12H2,1-3H3. The van der Waals surface area contributed by atoms with Crippen molar-refractivity contribution in [2.24, 2.45) is 0 Å². The molecule has 0 amide bonds. The molecule has 0 aliphatic heterocycles. The van der Waals surface area contributed by atoms with Gasteiger partial charge in [-0.05, 0) is 24.5 Å². The molecule has 1 aliphatic carbocycles. The van der Waals surface area contributed by atoms with Crippen molar-refractivity contribution in [2.45, 2.75) is 51.9 Å². The van der Waals surface area contributed by atoms with E-state index in [9.17, 15) is 0 Å². The Bertz CT molecular complexity index is 387. The van der Waals surface area contributed by atoms with Crippen molar-refractivity contribution >= 4 is 0 Å². The highest BCUT2D eigenvalue weighted by Gasteiger charge is 2.28. The summed E-state index contributed by atoms with van der Waals surface area (Å²) in [5, 5.41) is 3.41. The molecule has 112 valence electrons. The van der Waals surface area contributed by atoms with Crippen LogP contribution in [-0.4, -0.2) is 42.2 Å². The monoisotopic (exact) mass is 277 g/mol. The zero-order valence-electron chi connectivity index (χ0n) is 12.9. The Labute approximate surface area is 122 Å². The van der Waals surface area contributed by atoms with E-state index in [1.165, 1.54) is 18.4 Å². The molecule has 1 N–H and O–H groups in total. The van der Waals surface area contributed by atoms with Crippen LogP contribution in [0.5, 0.6) is 0 Å². The number of pyridine rings is 1. The smallest absolute Gasteiger partial charge is 0.0589 e. The first-order valence-corrected chi connectivity index (χ1v) is 7.59. The molecule has 1 fully saturated rings. The molecule has 1 saturated carbocycles. The lowest BCUT2D eigenvalue weighted by Gasteiger charge is -2.21. The minimum atomic E-state index is 0.508. The summed E-state index contributed by atoms with van der Waals surface area (Å²) in [7, 11) is 1.76. The molecule has 0 aromatic carbocycles. The fourth-order valence-corrected chi connectivity index (χ4v) is 2.22. The van der Waals surface area contributed by atoms with Crippen LogP contribution in [0.2, 0.25) is 0 Å². The van der Waals surface area contributed by atoms with Crippen molar-refractivity contribution in [1.82, 2.24) is 15.2 Å². The van der Waals surface area contributed by atoms with Gasteiger partial charge in [-0.2, -0.15) is 0 Å². The SMILES string of the molecule is COCCN(Cc1ccc(CNC(C)C)cn1)C1CC1. The molecule has 1 aromatic rings. The van der Waals surface area contributed by atoms with Gasteiger partial charge in [0.2, 0.25) is 0 Å². The van der Waals surface area contributed by atoms with E-state index < -0.39 is 0 Å². The van der Waals surface area contributed by atoms with Gasteiger partial charge in [0.25, 0.3) is 0 Å². The average Bonchev–Trinajstić information content (AvgIpc) is 3.27. The van der Waals surface area contributed by atoms with Gasteiger partial charge in [-0.15, -0.1) is 0 Å². The molecule has 20 heavy (non-hydrogen) atoms. The fraction of sp³-hybridized carbons (Fsp3) is 0.688. The molecule has 0 saturated heterocycles. The Morgan fingerprint density at radius 3 is 2.75 bits per heavy atom. The normalized spacial score (nSPS) is 15.2. The van der Waals surface area contributed by atoms with Gasteiger partial charge in [-0.1, -0.05) is 19.9 Å². The third-order valence-corrected chi connectivity index (χ3v) is 3.61. The summed E-state index contributed by atoms with van der Waals surface area (Å²) in [5.74, 6) is 0. The molecule has 0 unspecified atom stereocenters. The molecule has 1 aliphatic rings. The topological polar surface area (TPSA) is 37.4 Å². The van der Waals surface area contributed by atoms with Gasteiger partial charge in [0.15, 0.2) is 0 Å². The molecule has 0 spiro atoms. The van der Waals surface area contributed by atoms with Crippen LogP contribution in [-0.2, 0) is 17.8 Å². The molecule has 1 aromatic heterocycles. The van der Waals surface area contributed by atoms with Crippen LogP contribution in [0.25, 0.3) is 0 Å². The molecule has 0 atom stereocenters. The van der Waals surface area contributed by atoms with Gasteiger partial charge in [0.1, 0.15) is 0 Å². The van der Waals surface area contributed by atoms with Crippen molar-refractivity contribution in [3.63, 3.8) is 0 Å². The Morgan fingerprint density at radius 2 is 2.20 bits per heavy atom. The molecule has 2 rings (SSSR count). The van der Waals surface area contributed by atoms with Crippen molar-refractivity contribution < 1.29 is 4.74 Å². The van der Waals surface area contributed by atoms with E-state index in [2.05, 4.69) is 41.2 Å². The highest BCUT2D eigenvalue weighted by molar-refractivity contribution is 5.14. The van der Waals surface area contributed by atoms with Gasteiger partial charge in [-0.25, -0.2) is 0 Å². The number of aromatic nitrogens is 1.